The first-order chi connectivity index (χ1) is 4.85. The summed E-state index contributed by atoms with van der Waals surface area (Å²) in [7, 11) is 0. The van der Waals surface area contributed by atoms with Crippen molar-refractivity contribution in [2.75, 3.05) is 0 Å². The van der Waals surface area contributed by atoms with Crippen molar-refractivity contribution >= 4 is 37.2 Å². The number of rotatable bonds is 1. The molecular weight excluding hydrogens is 501 g/mol. The van der Waals surface area contributed by atoms with Gasteiger partial charge in [0.1, 0.15) is 0 Å². The SMILES string of the molecule is I[I-]I.[CH3][Ti][C]1=CC=CC1. The fourth-order valence-corrected chi connectivity index (χ4v) is 1.55. The summed E-state index contributed by atoms with van der Waals surface area (Å²) in [6.07, 6.45) is 7.88. The molecule has 0 spiro atoms. The average Bonchev–Trinajstić information content (AvgIpc) is 2.39. The fraction of sp³-hybridized carbons (Fsp3) is 0.333. The molecule has 0 aromatic carbocycles. The molecule has 4 heteroatoms. The molecule has 0 aliphatic heterocycles. The van der Waals surface area contributed by atoms with E-state index in [9.17, 15) is 0 Å². The Morgan fingerprint density at radius 3 is 2.40 bits per heavy atom. The Labute approximate surface area is 101 Å². The van der Waals surface area contributed by atoms with Gasteiger partial charge in [-0.05, 0) is 0 Å². The predicted molar refractivity (Wildman–Crippen MR) is 55.7 cm³/mol. The number of allylic oxidation sites excluding steroid dienone is 4. The summed E-state index contributed by atoms with van der Waals surface area (Å²) in [5.41, 5.74) is 0. The van der Waals surface area contributed by atoms with Crippen molar-refractivity contribution < 1.29 is 32.4 Å². The molecule has 0 fully saturated rings. The molecule has 0 saturated heterocycles. The third kappa shape index (κ3) is 7.06. The Morgan fingerprint density at radius 1 is 1.60 bits per heavy atom. The van der Waals surface area contributed by atoms with E-state index >= 15 is 0 Å². The molecule has 0 aromatic heterocycles. The molecule has 1 aliphatic carbocycles. The van der Waals surface area contributed by atoms with Crippen molar-refractivity contribution in [3.05, 3.63) is 22.1 Å². The van der Waals surface area contributed by atoms with Gasteiger partial charge in [0.15, 0.2) is 0 Å². The van der Waals surface area contributed by atoms with Gasteiger partial charge in [-0.2, -0.15) is 0 Å². The molecule has 1 rings (SSSR count). The van der Waals surface area contributed by atoms with Gasteiger partial charge in [-0.3, -0.25) is 0 Å². The normalized spacial score (nSPS) is 14.1. The second kappa shape index (κ2) is 9.47. The molecule has 1 aliphatic rings. The molecule has 0 aromatic rings. The van der Waals surface area contributed by atoms with E-state index in [2.05, 4.69) is 60.7 Å². The van der Waals surface area contributed by atoms with E-state index < -0.39 is 0 Å². The van der Waals surface area contributed by atoms with Crippen LogP contribution in [0, 0.1) is 0 Å². The van der Waals surface area contributed by atoms with Crippen LogP contribution in [-0.4, -0.2) is 0 Å². The van der Waals surface area contributed by atoms with E-state index in [4.69, 9.17) is 0 Å². The van der Waals surface area contributed by atoms with Crippen LogP contribution in [0.2, 0.25) is 5.23 Å². The Hall–Kier alpha value is 2.38. The van der Waals surface area contributed by atoms with Crippen LogP contribution in [0.4, 0.5) is 0 Å². The minimum absolute atomic E-state index is 0.292. The molecular formula is C6H8I3Ti-. The third-order valence-corrected chi connectivity index (χ3v) is 2.67. The predicted octanol–water partition coefficient (Wildman–Crippen LogP) is 0.736. The average molecular weight is 509 g/mol. The Bertz CT molecular complexity index is 131. The van der Waals surface area contributed by atoms with Crippen LogP contribution in [-0.2, 0) is 19.2 Å². The van der Waals surface area contributed by atoms with Gasteiger partial charge in [0.25, 0.3) is 0 Å². The van der Waals surface area contributed by atoms with Crippen LogP contribution in [0.15, 0.2) is 22.1 Å². The zero-order valence-electron chi connectivity index (χ0n) is 5.57. The van der Waals surface area contributed by atoms with Crippen molar-refractivity contribution in [3.63, 3.8) is 0 Å². The first-order valence-electron chi connectivity index (χ1n) is 2.75. The molecule has 0 heterocycles. The van der Waals surface area contributed by atoms with Gasteiger partial charge in [-0.25, -0.2) is 0 Å². The Morgan fingerprint density at radius 2 is 2.20 bits per heavy atom. The summed E-state index contributed by atoms with van der Waals surface area (Å²) in [4.78, 5) is 0. The summed E-state index contributed by atoms with van der Waals surface area (Å²) in [6.45, 7) is 0. The monoisotopic (exact) mass is 509 g/mol. The topological polar surface area (TPSA) is 0 Å². The molecule has 0 saturated carbocycles. The molecule has 58 valence electrons. The molecule has 0 amide bonds. The summed E-state index contributed by atoms with van der Waals surface area (Å²) < 4.78 is 1.68. The fourth-order valence-electron chi connectivity index (χ4n) is 0.633. The van der Waals surface area contributed by atoms with Crippen molar-refractivity contribution in [1.29, 1.82) is 0 Å². The van der Waals surface area contributed by atoms with Crippen LogP contribution in [0.25, 0.3) is 0 Å². The van der Waals surface area contributed by atoms with Crippen LogP contribution in [0.1, 0.15) is 6.42 Å². The number of halogens is 3. The van der Waals surface area contributed by atoms with Crippen LogP contribution in [0.5, 0.6) is 0 Å². The number of hydrogen-bond acceptors (Lipinski definition) is 0. The standard InChI is InChI=1S/C5H5.CH3.I3.Ti/c1-2-4-5-3-1;;1-3-2;/h1-3H,4H2;1H3;;/q;;-1;. The molecule has 0 bridgehead atoms. The molecule has 0 nitrogen and oxygen atoms in total. The summed E-state index contributed by atoms with van der Waals surface area (Å²) >= 11 is 5.59. The quantitative estimate of drug-likeness (QED) is 0.362. The van der Waals surface area contributed by atoms with Gasteiger partial charge < -0.3 is 0 Å². The van der Waals surface area contributed by atoms with Crippen LogP contribution >= 0.6 is 37.2 Å². The maximum atomic E-state index is 2.39. The van der Waals surface area contributed by atoms with Crippen molar-refractivity contribution in [2.45, 2.75) is 11.6 Å². The van der Waals surface area contributed by atoms with Crippen LogP contribution < -0.4 is 13.3 Å². The zero-order valence-corrected chi connectivity index (χ0v) is 13.6. The van der Waals surface area contributed by atoms with E-state index in [1.165, 1.54) is 6.42 Å². The molecule has 0 atom stereocenters. The van der Waals surface area contributed by atoms with E-state index in [0.29, 0.717) is 32.4 Å². The zero-order chi connectivity index (χ0) is 7.82. The molecule has 10 heavy (non-hydrogen) atoms. The Kier molecular flexibility index (Phi) is 11.7. The van der Waals surface area contributed by atoms with Crippen molar-refractivity contribution in [1.82, 2.24) is 0 Å². The first kappa shape index (κ1) is 12.4. The second-order valence-electron chi connectivity index (χ2n) is 1.63. The van der Waals surface area contributed by atoms with E-state index in [1.807, 2.05) is 0 Å². The third-order valence-electron chi connectivity index (χ3n) is 1.09. The summed E-state index contributed by atoms with van der Waals surface area (Å²) in [5.74, 6) is 0. The van der Waals surface area contributed by atoms with E-state index in [0.717, 1.165) is 0 Å². The summed E-state index contributed by atoms with van der Waals surface area (Å²) in [5, 5.41) is 2.32. The molecule has 0 radical (unpaired) electrons. The van der Waals surface area contributed by atoms with Gasteiger partial charge in [-0.15, -0.1) is 0 Å². The van der Waals surface area contributed by atoms with Crippen LogP contribution in [0.3, 0.4) is 0 Å². The van der Waals surface area contributed by atoms with Gasteiger partial charge in [-0.1, -0.05) is 0 Å². The van der Waals surface area contributed by atoms with Crippen molar-refractivity contribution in [2.24, 2.45) is 0 Å². The number of hydrogen-bond donors (Lipinski definition) is 0. The van der Waals surface area contributed by atoms with Gasteiger partial charge in [0.05, 0.1) is 0 Å². The van der Waals surface area contributed by atoms with Gasteiger partial charge in [0, 0.05) is 0 Å². The second-order valence-corrected chi connectivity index (χ2v) is 19.7. The first-order valence-corrected chi connectivity index (χ1v) is 17.7. The van der Waals surface area contributed by atoms with Crippen molar-refractivity contribution in [3.8, 4) is 0 Å². The summed E-state index contributed by atoms with van der Waals surface area (Å²) in [6, 6.07) is 0. The van der Waals surface area contributed by atoms with Gasteiger partial charge >= 0.3 is 103 Å². The molecule has 0 unspecified atom stereocenters. The minimum atomic E-state index is 0.292. The Balaban J connectivity index is 0.000000236. The molecule has 0 N–H and O–H groups in total. The maximum absolute atomic E-state index is 2.39. The van der Waals surface area contributed by atoms with Gasteiger partial charge in [0.2, 0.25) is 0 Å². The van der Waals surface area contributed by atoms with E-state index in [1.54, 1.807) is 3.88 Å². The van der Waals surface area contributed by atoms with E-state index in [-0.39, 0.29) is 0 Å².